The fourth-order valence-electron chi connectivity index (χ4n) is 3.64. The summed E-state index contributed by atoms with van der Waals surface area (Å²) in [6.07, 6.45) is 5.06. The highest BCUT2D eigenvalue weighted by atomic mass is 16.1. The molecule has 0 spiro atoms. The van der Waals surface area contributed by atoms with Gasteiger partial charge in [0.05, 0.1) is 18.1 Å². The summed E-state index contributed by atoms with van der Waals surface area (Å²) in [5.41, 5.74) is -0.156. The molecule has 2 aliphatic carbocycles. The van der Waals surface area contributed by atoms with E-state index in [2.05, 4.69) is 12.1 Å². The molecule has 0 aromatic rings. The molecule has 2 aliphatic rings. The van der Waals surface area contributed by atoms with Gasteiger partial charge in [0.15, 0.2) is 0 Å². The maximum absolute atomic E-state index is 11.0. The molecule has 4 unspecified atom stereocenters. The molecule has 78 valence electrons. The Morgan fingerprint density at radius 3 is 2.80 bits per heavy atom. The molecule has 2 bridgehead atoms. The Hall–Kier alpha value is -1.35. The van der Waals surface area contributed by atoms with Crippen LogP contribution in [0.1, 0.15) is 32.1 Å². The van der Waals surface area contributed by atoms with E-state index in [0.717, 1.165) is 32.0 Å². The van der Waals surface area contributed by atoms with Crippen LogP contribution >= 0.6 is 0 Å². The van der Waals surface area contributed by atoms with Gasteiger partial charge in [0.25, 0.3) is 0 Å². The maximum Gasteiger partial charge on any atom is 0.123 e. The van der Waals surface area contributed by atoms with Crippen molar-refractivity contribution in [3.05, 3.63) is 0 Å². The van der Waals surface area contributed by atoms with Crippen LogP contribution in [0.25, 0.3) is 0 Å². The number of nitrogens with zero attached hydrogens (tertiary/aromatic N) is 2. The van der Waals surface area contributed by atoms with Crippen molar-refractivity contribution in [1.29, 1.82) is 10.5 Å². The molecule has 0 N–H and O–H groups in total. The smallest absolute Gasteiger partial charge is 0.123 e. The van der Waals surface area contributed by atoms with Crippen molar-refractivity contribution in [3.63, 3.8) is 0 Å². The van der Waals surface area contributed by atoms with Crippen LogP contribution in [0.5, 0.6) is 0 Å². The first-order chi connectivity index (χ1) is 7.26. The number of nitriles is 2. The molecule has 4 atom stereocenters. The first-order valence-electron chi connectivity index (χ1n) is 5.48. The summed E-state index contributed by atoms with van der Waals surface area (Å²) in [5, 5.41) is 17.8. The number of rotatable bonds is 3. The highest BCUT2D eigenvalue weighted by Gasteiger charge is 2.57. The van der Waals surface area contributed by atoms with Crippen molar-refractivity contribution in [1.82, 2.24) is 0 Å². The zero-order valence-corrected chi connectivity index (χ0v) is 8.65. The van der Waals surface area contributed by atoms with Gasteiger partial charge in [-0.2, -0.15) is 10.5 Å². The number of hydrogen-bond donors (Lipinski definition) is 0. The second kappa shape index (κ2) is 3.66. The Morgan fingerprint density at radius 1 is 1.40 bits per heavy atom. The zero-order chi connectivity index (χ0) is 10.9. The second-order valence-electron chi connectivity index (χ2n) is 4.86. The molecule has 0 heterocycles. The minimum atomic E-state index is -0.156. The molecule has 2 saturated carbocycles. The lowest BCUT2D eigenvalue weighted by molar-refractivity contribution is -0.115. The predicted molar refractivity (Wildman–Crippen MR) is 53.3 cm³/mol. The highest BCUT2D eigenvalue weighted by molar-refractivity contribution is 5.57. The van der Waals surface area contributed by atoms with Crippen LogP contribution < -0.4 is 0 Å². The fourth-order valence-corrected chi connectivity index (χ4v) is 3.64. The topological polar surface area (TPSA) is 64.7 Å². The summed E-state index contributed by atoms with van der Waals surface area (Å²) in [6, 6.07) is 4.48. The number of hydrogen-bond acceptors (Lipinski definition) is 3. The van der Waals surface area contributed by atoms with Gasteiger partial charge in [-0.15, -0.1) is 0 Å². The van der Waals surface area contributed by atoms with Crippen LogP contribution in [0, 0.1) is 45.8 Å². The average molecular weight is 202 g/mol. The maximum atomic E-state index is 11.0. The summed E-state index contributed by atoms with van der Waals surface area (Å²) in [6.45, 7) is 0. The van der Waals surface area contributed by atoms with Crippen molar-refractivity contribution in [2.45, 2.75) is 32.1 Å². The number of carbonyl (C=O) groups excluding carboxylic acids is 1. The predicted octanol–water partition coefficient (Wildman–Crippen LogP) is 2.05. The van der Waals surface area contributed by atoms with Gasteiger partial charge in [0.2, 0.25) is 0 Å². The van der Waals surface area contributed by atoms with E-state index < -0.39 is 0 Å². The van der Waals surface area contributed by atoms with Crippen molar-refractivity contribution < 1.29 is 4.79 Å². The first kappa shape index (κ1) is 10.2. The molecule has 3 heteroatoms. The van der Waals surface area contributed by atoms with Crippen LogP contribution in [0.4, 0.5) is 0 Å². The molecule has 2 rings (SSSR count). The van der Waals surface area contributed by atoms with E-state index in [1.165, 1.54) is 0 Å². The van der Waals surface area contributed by atoms with E-state index in [1.54, 1.807) is 0 Å². The van der Waals surface area contributed by atoms with Gasteiger partial charge >= 0.3 is 0 Å². The average Bonchev–Trinajstić information content (AvgIpc) is 2.79. The van der Waals surface area contributed by atoms with Crippen molar-refractivity contribution in [3.8, 4) is 12.1 Å². The van der Waals surface area contributed by atoms with Crippen LogP contribution in [-0.4, -0.2) is 6.29 Å². The lowest BCUT2D eigenvalue weighted by Gasteiger charge is -2.35. The van der Waals surface area contributed by atoms with Gasteiger partial charge in [-0.05, 0) is 37.0 Å². The molecule has 3 nitrogen and oxygen atoms in total. The number of carbonyl (C=O) groups is 1. The Morgan fingerprint density at radius 2 is 2.20 bits per heavy atom. The highest BCUT2D eigenvalue weighted by Crippen LogP contribution is 2.62. The third-order valence-corrected chi connectivity index (χ3v) is 4.28. The van der Waals surface area contributed by atoms with Gasteiger partial charge in [-0.3, -0.25) is 0 Å². The van der Waals surface area contributed by atoms with E-state index in [0.29, 0.717) is 12.3 Å². The third-order valence-electron chi connectivity index (χ3n) is 4.28. The van der Waals surface area contributed by atoms with Crippen molar-refractivity contribution in [2.75, 3.05) is 0 Å². The first-order valence-corrected chi connectivity index (χ1v) is 5.48. The second-order valence-corrected chi connectivity index (χ2v) is 4.86. The standard InChI is InChI=1S/C12H14N2O/c13-3-1-2-12-6-9(4-10(12)7-14)5-11(12)8-15/h8-11H,1-2,4-6H2. The normalized spacial score (nSPS) is 42.1. The molecule has 0 radical (unpaired) electrons. The van der Waals surface area contributed by atoms with Crippen LogP contribution in [0.15, 0.2) is 0 Å². The molecule has 0 aliphatic heterocycles. The van der Waals surface area contributed by atoms with E-state index >= 15 is 0 Å². The monoisotopic (exact) mass is 202 g/mol. The molecule has 0 aromatic carbocycles. The minimum Gasteiger partial charge on any atom is -0.303 e. The molecular weight excluding hydrogens is 188 g/mol. The molecule has 0 amide bonds. The zero-order valence-electron chi connectivity index (χ0n) is 8.65. The Bertz CT molecular complexity index is 352. The van der Waals surface area contributed by atoms with Gasteiger partial charge < -0.3 is 4.79 Å². The summed E-state index contributed by atoms with van der Waals surface area (Å²) < 4.78 is 0. The Kier molecular flexibility index (Phi) is 2.49. The van der Waals surface area contributed by atoms with Gasteiger partial charge in [-0.1, -0.05) is 0 Å². The number of aldehydes is 1. The summed E-state index contributed by atoms with van der Waals surface area (Å²) >= 11 is 0. The Labute approximate surface area is 89.7 Å². The quantitative estimate of drug-likeness (QED) is 0.658. The van der Waals surface area contributed by atoms with Crippen molar-refractivity contribution >= 4 is 6.29 Å². The molecule has 2 fully saturated rings. The Balaban J connectivity index is 2.25. The van der Waals surface area contributed by atoms with Gasteiger partial charge in [0, 0.05) is 12.3 Å². The van der Waals surface area contributed by atoms with E-state index in [-0.39, 0.29) is 17.3 Å². The third kappa shape index (κ3) is 1.35. The fraction of sp³-hybridized carbons (Fsp3) is 0.750. The minimum absolute atomic E-state index is 0.000185. The molecule has 0 saturated heterocycles. The van der Waals surface area contributed by atoms with Gasteiger partial charge in [0.1, 0.15) is 6.29 Å². The largest absolute Gasteiger partial charge is 0.303 e. The van der Waals surface area contributed by atoms with Crippen LogP contribution in [0.3, 0.4) is 0 Å². The number of fused-ring (bicyclic) bond motifs is 2. The van der Waals surface area contributed by atoms with E-state index in [9.17, 15) is 4.79 Å². The van der Waals surface area contributed by atoms with Crippen LogP contribution in [0.2, 0.25) is 0 Å². The van der Waals surface area contributed by atoms with Gasteiger partial charge in [-0.25, -0.2) is 0 Å². The summed E-state index contributed by atoms with van der Waals surface area (Å²) in [4.78, 5) is 11.0. The SMILES string of the molecule is N#CCCC12CC(CC1C#N)CC2C=O. The van der Waals surface area contributed by atoms with Crippen LogP contribution in [-0.2, 0) is 4.79 Å². The lowest BCUT2D eigenvalue weighted by atomic mass is 9.66. The lowest BCUT2D eigenvalue weighted by Crippen LogP contribution is -2.33. The summed E-state index contributed by atoms with van der Waals surface area (Å²) in [5.74, 6) is 0.567. The van der Waals surface area contributed by atoms with Crippen molar-refractivity contribution in [2.24, 2.45) is 23.2 Å². The summed E-state index contributed by atoms with van der Waals surface area (Å²) in [7, 11) is 0. The van der Waals surface area contributed by atoms with E-state index in [4.69, 9.17) is 10.5 Å². The van der Waals surface area contributed by atoms with E-state index in [1.807, 2.05) is 0 Å². The molecule has 15 heavy (non-hydrogen) atoms. The molecular formula is C12H14N2O. The molecule has 0 aromatic heterocycles.